The molecule has 0 radical (unpaired) electrons. The summed E-state index contributed by atoms with van der Waals surface area (Å²) in [6, 6.07) is 2.84. The van der Waals surface area contributed by atoms with Crippen molar-refractivity contribution >= 4 is 28.9 Å². The maximum absolute atomic E-state index is 11.1. The molecule has 110 valence electrons. The number of likely N-dealkylation sites (N-methyl/N-ethyl adjacent to an activating group) is 1. The molecule has 1 N–H and O–H groups in total. The van der Waals surface area contributed by atoms with Crippen molar-refractivity contribution in [3.05, 3.63) is 32.3 Å². The molecule has 0 saturated heterocycles. The fourth-order valence-corrected chi connectivity index (χ4v) is 2.80. The molecule has 7 heteroatoms. The van der Waals surface area contributed by atoms with E-state index in [1.54, 1.807) is 0 Å². The zero-order chi connectivity index (χ0) is 14.7. The number of ether oxygens (including phenoxy) is 1. The summed E-state index contributed by atoms with van der Waals surface area (Å²) in [6.45, 7) is 0. The number of nitrogens with one attached hydrogen (secondary N) is 1. The van der Waals surface area contributed by atoms with Gasteiger partial charge in [-0.3, -0.25) is 10.1 Å². The minimum absolute atomic E-state index is 0.0929. The van der Waals surface area contributed by atoms with Gasteiger partial charge in [-0.25, -0.2) is 0 Å². The van der Waals surface area contributed by atoms with E-state index in [0.29, 0.717) is 0 Å². The maximum Gasteiger partial charge on any atom is 0.312 e. The normalized spacial score (nSPS) is 22.6. The molecule has 0 spiro atoms. The van der Waals surface area contributed by atoms with E-state index in [9.17, 15) is 10.1 Å². The first-order valence-electron chi connectivity index (χ1n) is 6.50. The van der Waals surface area contributed by atoms with Crippen LogP contribution in [0.1, 0.15) is 25.7 Å². The van der Waals surface area contributed by atoms with Crippen molar-refractivity contribution < 1.29 is 9.66 Å². The summed E-state index contributed by atoms with van der Waals surface area (Å²) in [5, 5.41) is 14.7. The molecular weight excluding hydrogens is 303 g/mol. The molecule has 2 rings (SSSR count). The lowest BCUT2D eigenvalue weighted by Crippen LogP contribution is -2.43. The average molecular weight is 319 g/mol. The monoisotopic (exact) mass is 318 g/mol. The highest BCUT2D eigenvalue weighted by Gasteiger charge is 2.28. The topological polar surface area (TPSA) is 64.4 Å². The lowest BCUT2D eigenvalue weighted by molar-refractivity contribution is -0.386. The number of hydrogen-bond donors (Lipinski definition) is 1. The summed E-state index contributed by atoms with van der Waals surface area (Å²) in [5.41, 5.74) is -0.153. The van der Waals surface area contributed by atoms with Crippen LogP contribution in [-0.2, 0) is 0 Å². The molecule has 2 unspecified atom stereocenters. The second-order valence-corrected chi connectivity index (χ2v) is 5.64. The zero-order valence-electron chi connectivity index (χ0n) is 11.1. The van der Waals surface area contributed by atoms with Gasteiger partial charge in [-0.2, -0.15) is 0 Å². The van der Waals surface area contributed by atoms with Crippen LogP contribution in [-0.4, -0.2) is 24.1 Å². The molecule has 0 bridgehead atoms. The molecule has 0 amide bonds. The van der Waals surface area contributed by atoms with E-state index in [2.05, 4.69) is 5.32 Å². The molecule has 1 aliphatic rings. The largest absolute Gasteiger partial charge is 0.482 e. The van der Waals surface area contributed by atoms with Gasteiger partial charge in [-0.1, -0.05) is 29.6 Å². The Morgan fingerprint density at radius 3 is 2.60 bits per heavy atom. The van der Waals surface area contributed by atoms with Gasteiger partial charge >= 0.3 is 5.69 Å². The number of halogens is 2. The minimum Gasteiger partial charge on any atom is -0.482 e. The summed E-state index contributed by atoms with van der Waals surface area (Å²) >= 11 is 11.8. The fourth-order valence-electron chi connectivity index (χ4n) is 2.49. The average Bonchev–Trinajstić information content (AvgIpc) is 2.43. The van der Waals surface area contributed by atoms with Gasteiger partial charge in [0.1, 0.15) is 6.10 Å². The quantitative estimate of drug-likeness (QED) is 0.677. The molecule has 1 aromatic rings. The van der Waals surface area contributed by atoms with Gasteiger partial charge in [0.25, 0.3) is 0 Å². The van der Waals surface area contributed by atoms with E-state index in [-0.39, 0.29) is 33.6 Å². The van der Waals surface area contributed by atoms with Gasteiger partial charge in [-0.05, 0) is 26.3 Å². The molecule has 2 atom stereocenters. The Morgan fingerprint density at radius 1 is 1.30 bits per heavy atom. The zero-order valence-corrected chi connectivity index (χ0v) is 12.6. The van der Waals surface area contributed by atoms with Crippen LogP contribution in [0.25, 0.3) is 0 Å². The van der Waals surface area contributed by atoms with E-state index in [0.717, 1.165) is 25.7 Å². The fraction of sp³-hybridized carbons (Fsp3) is 0.538. The molecule has 0 aromatic heterocycles. The molecule has 1 aromatic carbocycles. The Morgan fingerprint density at radius 2 is 1.95 bits per heavy atom. The lowest BCUT2D eigenvalue weighted by Gasteiger charge is -2.31. The third-order valence-corrected chi connectivity index (χ3v) is 4.27. The summed E-state index contributed by atoms with van der Waals surface area (Å²) in [6.07, 6.45) is 3.95. The highest BCUT2D eigenvalue weighted by molar-refractivity contribution is 6.42. The Balaban J connectivity index is 2.27. The SMILES string of the molecule is CNC1CCCCC1Oc1cc(Cl)c(Cl)cc1[N+](=O)[O-]. The second kappa shape index (κ2) is 6.61. The number of nitrogens with zero attached hydrogens (tertiary/aromatic N) is 1. The molecule has 1 fully saturated rings. The predicted molar refractivity (Wildman–Crippen MR) is 78.8 cm³/mol. The number of nitro groups is 1. The third-order valence-electron chi connectivity index (χ3n) is 3.55. The standard InChI is InChI=1S/C13H16Cl2N2O3/c1-16-10-4-2-3-5-12(10)20-13-7-9(15)8(14)6-11(13)17(18)19/h6-7,10,12,16H,2-5H2,1H3. The minimum atomic E-state index is -0.505. The molecular formula is C13H16Cl2N2O3. The molecule has 0 heterocycles. The number of benzene rings is 1. The van der Waals surface area contributed by atoms with Crippen LogP contribution in [0, 0.1) is 10.1 Å². The van der Waals surface area contributed by atoms with Crippen molar-refractivity contribution in [3.8, 4) is 5.75 Å². The summed E-state index contributed by atoms with van der Waals surface area (Å²) < 4.78 is 5.84. The van der Waals surface area contributed by atoms with Gasteiger partial charge in [-0.15, -0.1) is 0 Å². The predicted octanol–water partition coefficient (Wildman–Crippen LogP) is 3.81. The van der Waals surface area contributed by atoms with Crippen molar-refractivity contribution in [2.75, 3.05) is 7.05 Å². The first-order chi connectivity index (χ1) is 9.52. The summed E-state index contributed by atoms with van der Waals surface area (Å²) in [5.74, 6) is 0.177. The third kappa shape index (κ3) is 3.34. The Labute approximate surface area is 127 Å². The number of rotatable bonds is 4. The van der Waals surface area contributed by atoms with Crippen LogP contribution in [0.4, 0.5) is 5.69 Å². The van der Waals surface area contributed by atoms with Crippen LogP contribution in [0.2, 0.25) is 10.0 Å². The van der Waals surface area contributed by atoms with Crippen molar-refractivity contribution in [2.24, 2.45) is 0 Å². The second-order valence-electron chi connectivity index (χ2n) is 4.83. The number of hydrogen-bond acceptors (Lipinski definition) is 4. The van der Waals surface area contributed by atoms with Crippen LogP contribution in [0.15, 0.2) is 12.1 Å². The molecule has 20 heavy (non-hydrogen) atoms. The first kappa shape index (κ1) is 15.4. The first-order valence-corrected chi connectivity index (χ1v) is 7.26. The van der Waals surface area contributed by atoms with Gasteiger partial charge in [0.05, 0.1) is 15.0 Å². The molecule has 1 saturated carbocycles. The van der Waals surface area contributed by atoms with Gasteiger partial charge in [0.2, 0.25) is 0 Å². The highest BCUT2D eigenvalue weighted by Crippen LogP contribution is 2.37. The van der Waals surface area contributed by atoms with Crippen molar-refractivity contribution in [1.29, 1.82) is 0 Å². The van der Waals surface area contributed by atoms with Crippen LogP contribution >= 0.6 is 23.2 Å². The van der Waals surface area contributed by atoms with E-state index in [4.69, 9.17) is 27.9 Å². The van der Waals surface area contributed by atoms with E-state index >= 15 is 0 Å². The van der Waals surface area contributed by atoms with Gasteiger partial charge in [0, 0.05) is 18.2 Å². The van der Waals surface area contributed by atoms with Gasteiger partial charge in [0.15, 0.2) is 5.75 Å². The lowest BCUT2D eigenvalue weighted by atomic mass is 9.92. The van der Waals surface area contributed by atoms with Crippen LogP contribution < -0.4 is 10.1 Å². The van der Waals surface area contributed by atoms with Crippen molar-refractivity contribution in [1.82, 2.24) is 5.32 Å². The Bertz CT molecular complexity index is 511. The van der Waals surface area contributed by atoms with Crippen LogP contribution in [0.3, 0.4) is 0 Å². The molecule has 5 nitrogen and oxygen atoms in total. The van der Waals surface area contributed by atoms with Crippen LogP contribution in [0.5, 0.6) is 5.75 Å². The maximum atomic E-state index is 11.1. The summed E-state index contributed by atoms with van der Waals surface area (Å²) in [4.78, 5) is 10.6. The van der Waals surface area contributed by atoms with E-state index < -0.39 is 4.92 Å². The van der Waals surface area contributed by atoms with E-state index in [1.165, 1.54) is 12.1 Å². The summed E-state index contributed by atoms with van der Waals surface area (Å²) in [7, 11) is 1.87. The van der Waals surface area contributed by atoms with Crippen molar-refractivity contribution in [2.45, 2.75) is 37.8 Å². The van der Waals surface area contributed by atoms with Crippen molar-refractivity contribution in [3.63, 3.8) is 0 Å². The van der Waals surface area contributed by atoms with E-state index in [1.807, 2.05) is 7.05 Å². The smallest absolute Gasteiger partial charge is 0.312 e. The Kier molecular flexibility index (Phi) is 5.07. The van der Waals surface area contributed by atoms with Gasteiger partial charge < -0.3 is 10.1 Å². The highest BCUT2D eigenvalue weighted by atomic mass is 35.5. The molecule has 0 aliphatic heterocycles. The molecule has 1 aliphatic carbocycles. The Hall–Kier alpha value is -1.04. The number of nitro benzene ring substituents is 1.